The van der Waals surface area contributed by atoms with Gasteiger partial charge in [0.25, 0.3) is 0 Å². The summed E-state index contributed by atoms with van der Waals surface area (Å²) in [5.41, 5.74) is 2.56. The molecule has 2 atom stereocenters. The fourth-order valence-corrected chi connectivity index (χ4v) is 3.87. The molecule has 1 aliphatic rings. The molecule has 1 N–H and O–H groups in total. The van der Waals surface area contributed by atoms with E-state index in [-0.39, 0.29) is 0 Å². The summed E-state index contributed by atoms with van der Waals surface area (Å²) in [6.07, 6.45) is 6.82. The van der Waals surface area contributed by atoms with Crippen molar-refractivity contribution in [3.63, 3.8) is 0 Å². The largest absolute Gasteiger partial charge is 0.381 e. The van der Waals surface area contributed by atoms with Gasteiger partial charge in [-0.3, -0.25) is 0 Å². The first-order valence-corrected chi connectivity index (χ1v) is 8.36. The molecular weight excluding hydrogens is 298 g/mol. The molecule has 2 heteroatoms. The number of aryl methyl sites for hydroxylation is 1. The predicted octanol–water partition coefficient (Wildman–Crippen LogP) is 5.77. The lowest BCUT2D eigenvalue weighted by Crippen LogP contribution is -2.28. The Balaban J connectivity index is 1.94. The normalized spacial score (nSPS) is 23.6. The van der Waals surface area contributed by atoms with E-state index in [1.165, 1.54) is 47.8 Å². The van der Waals surface area contributed by atoms with Crippen LogP contribution in [-0.4, -0.2) is 6.04 Å². The minimum absolute atomic E-state index is 0.650. The molecule has 0 heterocycles. The van der Waals surface area contributed by atoms with Gasteiger partial charge in [-0.25, -0.2) is 0 Å². The van der Waals surface area contributed by atoms with E-state index in [0.29, 0.717) is 6.04 Å². The molecule has 106 valence electrons. The zero-order valence-electron chi connectivity index (χ0n) is 12.4. The minimum atomic E-state index is 0.650. The zero-order valence-corrected chi connectivity index (χ0v) is 14.0. The maximum absolute atomic E-state index is 3.73. The van der Waals surface area contributed by atoms with Gasteiger partial charge in [0.2, 0.25) is 0 Å². The van der Waals surface area contributed by atoms with Crippen molar-refractivity contribution in [2.45, 2.75) is 58.9 Å². The lowest BCUT2D eigenvalue weighted by molar-refractivity contribution is 0.289. The molecule has 0 saturated heterocycles. The molecule has 0 radical (unpaired) electrons. The molecule has 0 aliphatic heterocycles. The lowest BCUT2D eigenvalue weighted by Gasteiger charge is -2.31. The van der Waals surface area contributed by atoms with Crippen molar-refractivity contribution in [2.75, 3.05) is 5.32 Å². The SMILES string of the molecule is Cc1ccc(NC2CCCC(CC(C)C)C2)c(Br)c1. The Bertz CT molecular complexity index is 414. The van der Waals surface area contributed by atoms with Crippen LogP contribution in [-0.2, 0) is 0 Å². The van der Waals surface area contributed by atoms with Crippen molar-refractivity contribution in [2.24, 2.45) is 11.8 Å². The van der Waals surface area contributed by atoms with Gasteiger partial charge in [-0.2, -0.15) is 0 Å². The highest BCUT2D eigenvalue weighted by molar-refractivity contribution is 9.10. The van der Waals surface area contributed by atoms with Crippen LogP contribution >= 0.6 is 15.9 Å². The molecule has 1 saturated carbocycles. The van der Waals surface area contributed by atoms with E-state index < -0.39 is 0 Å². The number of nitrogens with one attached hydrogen (secondary N) is 1. The van der Waals surface area contributed by atoms with E-state index in [1.54, 1.807) is 0 Å². The maximum atomic E-state index is 3.73. The Labute approximate surface area is 126 Å². The summed E-state index contributed by atoms with van der Waals surface area (Å²) in [5, 5.41) is 3.73. The Morgan fingerprint density at radius 3 is 2.79 bits per heavy atom. The van der Waals surface area contributed by atoms with Crippen LogP contribution in [0.5, 0.6) is 0 Å². The Hall–Kier alpha value is -0.500. The highest BCUT2D eigenvalue weighted by Crippen LogP contribution is 2.32. The van der Waals surface area contributed by atoms with Gasteiger partial charge in [0.15, 0.2) is 0 Å². The zero-order chi connectivity index (χ0) is 13.8. The second-order valence-electron chi connectivity index (χ2n) is 6.49. The first-order chi connectivity index (χ1) is 9.04. The van der Waals surface area contributed by atoms with E-state index in [2.05, 4.69) is 60.2 Å². The van der Waals surface area contributed by atoms with Gasteiger partial charge in [0, 0.05) is 16.2 Å². The van der Waals surface area contributed by atoms with Crippen LogP contribution in [0.15, 0.2) is 22.7 Å². The quantitative estimate of drug-likeness (QED) is 0.741. The standard InChI is InChI=1S/C17H26BrN/c1-12(2)9-14-5-4-6-15(11-14)19-17-8-7-13(3)10-16(17)18/h7-8,10,12,14-15,19H,4-6,9,11H2,1-3H3. The molecule has 0 bridgehead atoms. The Kier molecular flexibility index (Phi) is 5.32. The first kappa shape index (κ1) is 14.9. The summed E-state index contributed by atoms with van der Waals surface area (Å²) in [4.78, 5) is 0. The maximum Gasteiger partial charge on any atom is 0.0486 e. The van der Waals surface area contributed by atoms with Crippen LogP contribution in [0, 0.1) is 18.8 Å². The van der Waals surface area contributed by atoms with Gasteiger partial charge in [0.1, 0.15) is 0 Å². The van der Waals surface area contributed by atoms with Crippen molar-refractivity contribution in [1.82, 2.24) is 0 Å². The third-order valence-electron chi connectivity index (χ3n) is 4.07. The smallest absolute Gasteiger partial charge is 0.0486 e. The van der Waals surface area contributed by atoms with E-state index in [1.807, 2.05) is 0 Å². The fourth-order valence-electron chi connectivity index (χ4n) is 3.26. The van der Waals surface area contributed by atoms with Gasteiger partial charge >= 0.3 is 0 Å². The average Bonchev–Trinajstić information content (AvgIpc) is 2.32. The van der Waals surface area contributed by atoms with E-state index in [4.69, 9.17) is 0 Å². The number of halogens is 1. The predicted molar refractivity (Wildman–Crippen MR) is 87.7 cm³/mol. The highest BCUT2D eigenvalue weighted by atomic mass is 79.9. The molecule has 0 amide bonds. The summed E-state index contributed by atoms with van der Waals surface area (Å²) in [6.45, 7) is 6.81. The molecular formula is C17H26BrN. The van der Waals surface area contributed by atoms with E-state index in [9.17, 15) is 0 Å². The van der Waals surface area contributed by atoms with Crippen LogP contribution in [0.3, 0.4) is 0 Å². The summed E-state index contributed by atoms with van der Waals surface area (Å²) >= 11 is 3.67. The van der Waals surface area contributed by atoms with Gasteiger partial charge in [-0.1, -0.05) is 32.8 Å². The third-order valence-corrected chi connectivity index (χ3v) is 4.73. The molecule has 1 fully saturated rings. The number of hydrogen-bond donors (Lipinski definition) is 1. The van der Waals surface area contributed by atoms with Crippen LogP contribution in [0.1, 0.15) is 51.5 Å². The summed E-state index contributed by atoms with van der Waals surface area (Å²) in [7, 11) is 0. The second kappa shape index (κ2) is 6.78. The first-order valence-electron chi connectivity index (χ1n) is 7.57. The molecule has 1 nitrogen and oxygen atoms in total. The minimum Gasteiger partial charge on any atom is -0.381 e. The Morgan fingerprint density at radius 2 is 2.11 bits per heavy atom. The van der Waals surface area contributed by atoms with Crippen molar-refractivity contribution in [1.29, 1.82) is 0 Å². The van der Waals surface area contributed by atoms with Gasteiger partial charge < -0.3 is 5.32 Å². The molecule has 2 unspecified atom stereocenters. The van der Waals surface area contributed by atoms with Crippen LogP contribution in [0.4, 0.5) is 5.69 Å². The lowest BCUT2D eigenvalue weighted by atomic mass is 9.81. The summed E-state index contributed by atoms with van der Waals surface area (Å²) in [6, 6.07) is 7.22. The Morgan fingerprint density at radius 1 is 1.32 bits per heavy atom. The van der Waals surface area contributed by atoms with Gasteiger partial charge in [-0.05, 0) is 71.6 Å². The monoisotopic (exact) mass is 323 g/mol. The second-order valence-corrected chi connectivity index (χ2v) is 7.34. The molecule has 1 aromatic rings. The number of benzene rings is 1. The van der Waals surface area contributed by atoms with Gasteiger partial charge in [0.05, 0.1) is 0 Å². The summed E-state index contributed by atoms with van der Waals surface area (Å²) in [5.74, 6) is 1.74. The number of hydrogen-bond acceptors (Lipinski definition) is 1. The van der Waals surface area contributed by atoms with Crippen molar-refractivity contribution in [3.8, 4) is 0 Å². The molecule has 0 aromatic heterocycles. The molecule has 0 spiro atoms. The van der Waals surface area contributed by atoms with Gasteiger partial charge in [-0.15, -0.1) is 0 Å². The van der Waals surface area contributed by atoms with Crippen LogP contribution in [0.25, 0.3) is 0 Å². The molecule has 19 heavy (non-hydrogen) atoms. The average molecular weight is 324 g/mol. The molecule has 2 rings (SSSR count). The topological polar surface area (TPSA) is 12.0 Å². The highest BCUT2D eigenvalue weighted by Gasteiger charge is 2.22. The van der Waals surface area contributed by atoms with E-state index in [0.717, 1.165) is 11.8 Å². The fraction of sp³-hybridized carbons (Fsp3) is 0.647. The summed E-state index contributed by atoms with van der Waals surface area (Å²) < 4.78 is 1.19. The van der Waals surface area contributed by atoms with Crippen molar-refractivity contribution >= 4 is 21.6 Å². The molecule has 1 aliphatic carbocycles. The number of anilines is 1. The number of rotatable bonds is 4. The molecule has 1 aromatic carbocycles. The van der Waals surface area contributed by atoms with Crippen molar-refractivity contribution < 1.29 is 0 Å². The van der Waals surface area contributed by atoms with E-state index >= 15 is 0 Å². The van der Waals surface area contributed by atoms with Crippen LogP contribution < -0.4 is 5.32 Å². The van der Waals surface area contributed by atoms with Crippen LogP contribution in [0.2, 0.25) is 0 Å². The van der Waals surface area contributed by atoms with Crippen molar-refractivity contribution in [3.05, 3.63) is 28.2 Å². The third kappa shape index (κ3) is 4.52.